The molecule has 2 aromatic rings. The molecule has 2 N–H and O–H groups in total. The fourth-order valence-corrected chi connectivity index (χ4v) is 2.68. The molecule has 7 heteroatoms. The summed E-state index contributed by atoms with van der Waals surface area (Å²) < 4.78 is 10.9. The van der Waals surface area contributed by atoms with E-state index in [-0.39, 0.29) is 11.8 Å². The van der Waals surface area contributed by atoms with Gasteiger partial charge in [0.25, 0.3) is 11.8 Å². The monoisotopic (exact) mass is 420 g/mol. The second-order valence-electron chi connectivity index (χ2n) is 5.48. The molecule has 0 fully saturated rings. The first-order chi connectivity index (χ1) is 12.5. The number of carbonyl (C=O) groups is 2. The molecular weight excluding hydrogens is 400 g/mol. The molecule has 6 nitrogen and oxygen atoms in total. The van der Waals surface area contributed by atoms with E-state index in [0.29, 0.717) is 35.7 Å². The fraction of sp³-hybridized carbons (Fsp3) is 0.263. The molecule has 0 saturated heterocycles. The van der Waals surface area contributed by atoms with E-state index in [1.807, 2.05) is 0 Å². The Kier molecular flexibility index (Phi) is 7.62. The van der Waals surface area contributed by atoms with Crippen molar-refractivity contribution in [1.82, 2.24) is 5.32 Å². The normalized spacial score (nSPS) is 10.3. The van der Waals surface area contributed by atoms with Gasteiger partial charge in [0, 0.05) is 36.0 Å². The van der Waals surface area contributed by atoms with E-state index < -0.39 is 0 Å². The zero-order valence-corrected chi connectivity index (χ0v) is 16.3. The van der Waals surface area contributed by atoms with Crippen LogP contribution in [0.3, 0.4) is 0 Å². The highest BCUT2D eigenvalue weighted by molar-refractivity contribution is 9.10. The van der Waals surface area contributed by atoms with Crippen molar-refractivity contribution >= 4 is 33.4 Å². The molecule has 0 spiro atoms. The molecule has 0 heterocycles. The number of nitrogens with one attached hydrogen (secondary N) is 2. The number of hydrogen-bond donors (Lipinski definition) is 2. The van der Waals surface area contributed by atoms with Crippen LogP contribution in [0.5, 0.6) is 5.75 Å². The number of amides is 2. The highest BCUT2D eigenvalue weighted by atomic mass is 79.9. The van der Waals surface area contributed by atoms with Crippen LogP contribution in [0, 0.1) is 0 Å². The van der Waals surface area contributed by atoms with Gasteiger partial charge in [-0.05, 0) is 42.8 Å². The molecule has 0 saturated carbocycles. The Bertz CT molecular complexity index is 780. The van der Waals surface area contributed by atoms with Crippen LogP contribution in [-0.4, -0.2) is 39.2 Å². The minimum atomic E-state index is -0.319. The lowest BCUT2D eigenvalue weighted by Crippen LogP contribution is -2.25. The van der Waals surface area contributed by atoms with Crippen molar-refractivity contribution in [2.24, 2.45) is 0 Å². The number of benzene rings is 2. The van der Waals surface area contributed by atoms with Gasteiger partial charge in [-0.3, -0.25) is 9.59 Å². The van der Waals surface area contributed by atoms with E-state index in [9.17, 15) is 9.59 Å². The molecule has 0 aliphatic rings. The van der Waals surface area contributed by atoms with Gasteiger partial charge in [0.15, 0.2) is 0 Å². The number of carbonyl (C=O) groups excluding carboxylic acids is 2. The Balaban J connectivity index is 2.07. The van der Waals surface area contributed by atoms with Gasteiger partial charge < -0.3 is 20.1 Å². The van der Waals surface area contributed by atoms with E-state index in [0.717, 1.165) is 10.9 Å². The third-order valence-electron chi connectivity index (χ3n) is 3.60. The summed E-state index contributed by atoms with van der Waals surface area (Å²) >= 11 is 3.35. The Morgan fingerprint density at radius 2 is 1.88 bits per heavy atom. The fourth-order valence-electron chi connectivity index (χ4n) is 2.31. The van der Waals surface area contributed by atoms with Gasteiger partial charge in [-0.2, -0.15) is 0 Å². The van der Waals surface area contributed by atoms with Crippen molar-refractivity contribution in [3.05, 3.63) is 58.1 Å². The Morgan fingerprint density at radius 3 is 2.62 bits per heavy atom. The van der Waals surface area contributed by atoms with Crippen LogP contribution in [0.15, 0.2) is 46.9 Å². The maximum absolute atomic E-state index is 12.5. The molecule has 0 aliphatic carbocycles. The molecule has 138 valence electrons. The van der Waals surface area contributed by atoms with Crippen molar-refractivity contribution in [3.63, 3.8) is 0 Å². The SMILES string of the molecule is COCCCNC(=O)c1cccc(NC(=O)c2cc(Br)ccc2OC)c1. The summed E-state index contributed by atoms with van der Waals surface area (Å²) in [5.74, 6) is -0.0456. The first kappa shape index (κ1) is 19.9. The van der Waals surface area contributed by atoms with Crippen LogP contribution in [0.2, 0.25) is 0 Å². The number of hydrogen-bond acceptors (Lipinski definition) is 4. The minimum absolute atomic E-state index is 0.197. The van der Waals surface area contributed by atoms with E-state index in [4.69, 9.17) is 9.47 Å². The second kappa shape index (κ2) is 9.94. The number of anilines is 1. The van der Waals surface area contributed by atoms with Gasteiger partial charge in [-0.25, -0.2) is 0 Å². The smallest absolute Gasteiger partial charge is 0.259 e. The van der Waals surface area contributed by atoms with Gasteiger partial charge in [-0.1, -0.05) is 22.0 Å². The average molecular weight is 421 g/mol. The first-order valence-electron chi connectivity index (χ1n) is 8.07. The van der Waals surface area contributed by atoms with E-state index in [1.165, 1.54) is 7.11 Å². The quantitative estimate of drug-likeness (QED) is 0.640. The minimum Gasteiger partial charge on any atom is -0.496 e. The lowest BCUT2D eigenvalue weighted by molar-refractivity contribution is 0.0947. The molecule has 0 bridgehead atoms. The largest absolute Gasteiger partial charge is 0.496 e. The summed E-state index contributed by atoms with van der Waals surface area (Å²) in [6.07, 6.45) is 0.737. The van der Waals surface area contributed by atoms with Crippen molar-refractivity contribution < 1.29 is 19.1 Å². The maximum Gasteiger partial charge on any atom is 0.259 e. The number of ether oxygens (including phenoxy) is 2. The predicted molar refractivity (Wildman–Crippen MR) is 104 cm³/mol. The summed E-state index contributed by atoms with van der Waals surface area (Å²) in [7, 11) is 3.13. The zero-order valence-electron chi connectivity index (χ0n) is 14.7. The molecule has 0 radical (unpaired) electrons. The summed E-state index contributed by atoms with van der Waals surface area (Å²) in [5, 5.41) is 5.61. The summed E-state index contributed by atoms with van der Waals surface area (Å²) in [5.41, 5.74) is 1.40. The molecule has 0 aliphatic heterocycles. The third kappa shape index (κ3) is 5.57. The molecule has 2 aromatic carbocycles. The van der Waals surface area contributed by atoms with Crippen LogP contribution in [-0.2, 0) is 4.74 Å². The molecule has 2 amide bonds. The van der Waals surface area contributed by atoms with Gasteiger partial charge in [0.05, 0.1) is 12.7 Å². The Hall–Kier alpha value is -2.38. The van der Waals surface area contributed by atoms with E-state index in [1.54, 1.807) is 49.6 Å². The summed E-state index contributed by atoms with van der Waals surface area (Å²) in [6, 6.07) is 12.0. The van der Waals surface area contributed by atoms with Crippen molar-refractivity contribution in [1.29, 1.82) is 0 Å². The molecule has 0 aromatic heterocycles. The second-order valence-corrected chi connectivity index (χ2v) is 6.40. The molecule has 26 heavy (non-hydrogen) atoms. The maximum atomic E-state index is 12.5. The van der Waals surface area contributed by atoms with E-state index in [2.05, 4.69) is 26.6 Å². The number of halogens is 1. The molecule has 2 rings (SSSR count). The predicted octanol–water partition coefficient (Wildman–Crippen LogP) is 3.48. The summed E-state index contributed by atoms with van der Waals surface area (Å²) in [4.78, 5) is 24.7. The molecule has 0 unspecified atom stereocenters. The van der Waals surface area contributed by atoms with Crippen molar-refractivity contribution in [2.75, 3.05) is 32.7 Å². The highest BCUT2D eigenvalue weighted by Crippen LogP contribution is 2.24. The van der Waals surface area contributed by atoms with E-state index >= 15 is 0 Å². The number of rotatable bonds is 8. The highest BCUT2D eigenvalue weighted by Gasteiger charge is 2.14. The average Bonchev–Trinajstić information content (AvgIpc) is 2.65. The van der Waals surface area contributed by atoms with Gasteiger partial charge in [0.1, 0.15) is 5.75 Å². The van der Waals surface area contributed by atoms with Crippen LogP contribution >= 0.6 is 15.9 Å². The zero-order chi connectivity index (χ0) is 18.9. The summed E-state index contributed by atoms with van der Waals surface area (Å²) in [6.45, 7) is 1.11. The molecule has 0 atom stereocenters. The lowest BCUT2D eigenvalue weighted by atomic mass is 10.1. The molecular formula is C19H21BrN2O4. The first-order valence-corrected chi connectivity index (χ1v) is 8.86. The van der Waals surface area contributed by atoms with Crippen LogP contribution in [0.4, 0.5) is 5.69 Å². The van der Waals surface area contributed by atoms with Crippen LogP contribution in [0.1, 0.15) is 27.1 Å². The third-order valence-corrected chi connectivity index (χ3v) is 4.09. The lowest BCUT2D eigenvalue weighted by Gasteiger charge is -2.11. The van der Waals surface area contributed by atoms with Crippen LogP contribution in [0.25, 0.3) is 0 Å². The topological polar surface area (TPSA) is 76.7 Å². The van der Waals surface area contributed by atoms with Gasteiger partial charge in [-0.15, -0.1) is 0 Å². The number of methoxy groups -OCH3 is 2. The standard InChI is InChI=1S/C19H21BrN2O4/c1-25-10-4-9-21-18(23)13-5-3-6-15(11-13)22-19(24)16-12-14(20)7-8-17(16)26-2/h3,5-8,11-12H,4,9-10H2,1-2H3,(H,21,23)(H,22,24). The Labute approximate surface area is 161 Å². The van der Waals surface area contributed by atoms with Gasteiger partial charge in [0.2, 0.25) is 0 Å². The van der Waals surface area contributed by atoms with Crippen LogP contribution < -0.4 is 15.4 Å². The van der Waals surface area contributed by atoms with Crippen molar-refractivity contribution in [3.8, 4) is 5.75 Å². The van der Waals surface area contributed by atoms with Gasteiger partial charge >= 0.3 is 0 Å². The Morgan fingerprint density at radius 1 is 1.08 bits per heavy atom. The van der Waals surface area contributed by atoms with Crippen molar-refractivity contribution in [2.45, 2.75) is 6.42 Å².